The van der Waals surface area contributed by atoms with E-state index in [4.69, 9.17) is 5.73 Å². The van der Waals surface area contributed by atoms with Gasteiger partial charge < -0.3 is 21.5 Å². The molecule has 0 saturated carbocycles. The van der Waals surface area contributed by atoms with Crippen LogP contribution >= 0.6 is 0 Å². The molecule has 0 bridgehead atoms. The van der Waals surface area contributed by atoms with Crippen LogP contribution in [0.3, 0.4) is 0 Å². The topological polar surface area (TPSA) is 87.4 Å². The van der Waals surface area contributed by atoms with Crippen LogP contribution < -0.4 is 16.4 Å². The molecule has 0 spiro atoms. The fourth-order valence-electron chi connectivity index (χ4n) is 1.22. The van der Waals surface area contributed by atoms with E-state index < -0.39 is 0 Å². The standard InChI is InChI=1S/C11H17N3O2/c12-5-2-6-13-11(16)14-8-9-3-1-4-10(15)7-9/h1,3-4,7,15H,2,5-6,8,12H2,(H2,13,14,16). The fourth-order valence-corrected chi connectivity index (χ4v) is 1.22. The van der Waals surface area contributed by atoms with Gasteiger partial charge in [0.1, 0.15) is 5.75 Å². The zero-order chi connectivity index (χ0) is 11.8. The molecule has 88 valence electrons. The van der Waals surface area contributed by atoms with E-state index in [2.05, 4.69) is 10.6 Å². The molecule has 1 aromatic carbocycles. The van der Waals surface area contributed by atoms with Crippen molar-refractivity contribution >= 4 is 6.03 Å². The maximum absolute atomic E-state index is 11.3. The van der Waals surface area contributed by atoms with Gasteiger partial charge in [0.05, 0.1) is 0 Å². The Balaban J connectivity index is 2.26. The number of hydrogen-bond acceptors (Lipinski definition) is 3. The van der Waals surface area contributed by atoms with Crippen LogP contribution in [-0.4, -0.2) is 24.2 Å². The van der Waals surface area contributed by atoms with Crippen LogP contribution in [0.2, 0.25) is 0 Å². The van der Waals surface area contributed by atoms with Crippen molar-refractivity contribution in [3.8, 4) is 5.75 Å². The van der Waals surface area contributed by atoms with Gasteiger partial charge in [-0.25, -0.2) is 4.79 Å². The fraction of sp³-hybridized carbons (Fsp3) is 0.364. The minimum Gasteiger partial charge on any atom is -0.508 e. The van der Waals surface area contributed by atoms with Gasteiger partial charge in [-0.3, -0.25) is 0 Å². The Morgan fingerprint density at radius 3 is 2.88 bits per heavy atom. The summed E-state index contributed by atoms with van der Waals surface area (Å²) in [5.41, 5.74) is 6.15. The lowest BCUT2D eigenvalue weighted by Gasteiger charge is -2.07. The molecule has 0 unspecified atom stereocenters. The van der Waals surface area contributed by atoms with Crippen molar-refractivity contribution in [3.05, 3.63) is 29.8 Å². The average Bonchev–Trinajstić information content (AvgIpc) is 2.27. The van der Waals surface area contributed by atoms with Crippen LogP contribution in [-0.2, 0) is 6.54 Å². The summed E-state index contributed by atoms with van der Waals surface area (Å²) in [6.07, 6.45) is 0.763. The number of nitrogens with two attached hydrogens (primary N) is 1. The van der Waals surface area contributed by atoms with Gasteiger partial charge in [0.25, 0.3) is 0 Å². The lowest BCUT2D eigenvalue weighted by Crippen LogP contribution is -2.36. The summed E-state index contributed by atoms with van der Waals surface area (Å²) < 4.78 is 0. The molecule has 1 rings (SSSR count). The normalized spacial score (nSPS) is 9.81. The number of nitrogens with one attached hydrogen (secondary N) is 2. The number of aromatic hydroxyl groups is 1. The number of carbonyl (C=O) groups excluding carboxylic acids is 1. The number of carbonyl (C=O) groups is 1. The second-order valence-electron chi connectivity index (χ2n) is 3.42. The van der Waals surface area contributed by atoms with Crippen LogP contribution in [0.5, 0.6) is 5.75 Å². The predicted octanol–water partition coefficient (Wildman–Crippen LogP) is 0.540. The second kappa shape index (κ2) is 6.68. The third kappa shape index (κ3) is 4.65. The lowest BCUT2D eigenvalue weighted by atomic mass is 10.2. The molecule has 5 N–H and O–H groups in total. The smallest absolute Gasteiger partial charge is 0.315 e. The van der Waals surface area contributed by atoms with E-state index in [1.807, 2.05) is 6.07 Å². The molecule has 0 aliphatic rings. The molecule has 5 nitrogen and oxygen atoms in total. The highest BCUT2D eigenvalue weighted by atomic mass is 16.3. The third-order valence-corrected chi connectivity index (χ3v) is 2.03. The highest BCUT2D eigenvalue weighted by molar-refractivity contribution is 5.73. The van der Waals surface area contributed by atoms with Crippen LogP contribution in [0.4, 0.5) is 4.79 Å². The molecule has 5 heteroatoms. The molecular weight excluding hydrogens is 206 g/mol. The van der Waals surface area contributed by atoms with Gasteiger partial charge in [-0.2, -0.15) is 0 Å². The number of benzene rings is 1. The first kappa shape index (κ1) is 12.3. The summed E-state index contributed by atoms with van der Waals surface area (Å²) in [5.74, 6) is 0.197. The van der Waals surface area contributed by atoms with E-state index in [1.54, 1.807) is 18.2 Å². The summed E-state index contributed by atoms with van der Waals surface area (Å²) in [6.45, 7) is 1.53. The molecule has 16 heavy (non-hydrogen) atoms. The third-order valence-electron chi connectivity index (χ3n) is 2.03. The van der Waals surface area contributed by atoms with E-state index in [9.17, 15) is 9.90 Å². The van der Waals surface area contributed by atoms with E-state index in [0.29, 0.717) is 19.6 Å². The zero-order valence-electron chi connectivity index (χ0n) is 9.07. The van der Waals surface area contributed by atoms with Crippen LogP contribution in [0, 0.1) is 0 Å². The van der Waals surface area contributed by atoms with E-state index in [-0.39, 0.29) is 11.8 Å². The molecule has 1 aromatic rings. The number of rotatable bonds is 5. The minimum atomic E-state index is -0.225. The van der Waals surface area contributed by atoms with E-state index in [1.165, 1.54) is 0 Å². The molecule has 0 saturated heterocycles. The first-order valence-corrected chi connectivity index (χ1v) is 5.22. The molecule has 0 heterocycles. The molecule has 2 amide bonds. The molecule has 0 radical (unpaired) electrons. The first-order valence-electron chi connectivity index (χ1n) is 5.22. The summed E-state index contributed by atoms with van der Waals surface area (Å²) in [6, 6.07) is 6.54. The molecule has 0 fully saturated rings. The monoisotopic (exact) mass is 223 g/mol. The van der Waals surface area contributed by atoms with Crippen LogP contribution in [0.1, 0.15) is 12.0 Å². The summed E-state index contributed by atoms with van der Waals surface area (Å²) in [5, 5.41) is 14.6. The molecular formula is C11H17N3O2. The van der Waals surface area contributed by atoms with Gasteiger partial charge in [0, 0.05) is 13.1 Å². The number of urea groups is 1. The van der Waals surface area contributed by atoms with Crippen molar-refractivity contribution in [2.45, 2.75) is 13.0 Å². The summed E-state index contributed by atoms with van der Waals surface area (Å²) in [7, 11) is 0. The highest BCUT2D eigenvalue weighted by Gasteiger charge is 1.99. The maximum atomic E-state index is 11.3. The molecule has 0 aliphatic carbocycles. The zero-order valence-corrected chi connectivity index (χ0v) is 9.07. The Morgan fingerprint density at radius 1 is 1.38 bits per heavy atom. The Kier molecular flexibility index (Phi) is 5.15. The van der Waals surface area contributed by atoms with Crippen molar-refractivity contribution in [3.63, 3.8) is 0 Å². The first-order chi connectivity index (χ1) is 7.72. The van der Waals surface area contributed by atoms with Crippen LogP contribution in [0.25, 0.3) is 0 Å². The van der Waals surface area contributed by atoms with E-state index in [0.717, 1.165) is 12.0 Å². The van der Waals surface area contributed by atoms with Crippen LogP contribution in [0.15, 0.2) is 24.3 Å². The highest BCUT2D eigenvalue weighted by Crippen LogP contribution is 2.10. The van der Waals surface area contributed by atoms with Gasteiger partial charge in [-0.05, 0) is 30.7 Å². The predicted molar refractivity (Wildman–Crippen MR) is 62.0 cm³/mol. The number of phenols is 1. The van der Waals surface area contributed by atoms with Gasteiger partial charge in [0.15, 0.2) is 0 Å². The van der Waals surface area contributed by atoms with E-state index >= 15 is 0 Å². The molecule has 0 atom stereocenters. The summed E-state index contributed by atoms with van der Waals surface area (Å²) >= 11 is 0. The van der Waals surface area contributed by atoms with Gasteiger partial charge in [0.2, 0.25) is 0 Å². The van der Waals surface area contributed by atoms with Crippen molar-refractivity contribution < 1.29 is 9.90 Å². The maximum Gasteiger partial charge on any atom is 0.315 e. The summed E-state index contributed by atoms with van der Waals surface area (Å²) in [4.78, 5) is 11.3. The van der Waals surface area contributed by atoms with Crippen molar-refractivity contribution in [1.82, 2.24) is 10.6 Å². The minimum absolute atomic E-state index is 0.197. The van der Waals surface area contributed by atoms with Gasteiger partial charge in [-0.15, -0.1) is 0 Å². The number of amides is 2. The Labute approximate surface area is 94.7 Å². The Hall–Kier alpha value is -1.75. The number of hydrogen-bond donors (Lipinski definition) is 4. The molecule has 0 aromatic heterocycles. The Morgan fingerprint density at radius 2 is 2.19 bits per heavy atom. The quantitative estimate of drug-likeness (QED) is 0.549. The van der Waals surface area contributed by atoms with Crippen molar-refractivity contribution in [2.75, 3.05) is 13.1 Å². The van der Waals surface area contributed by atoms with Gasteiger partial charge in [-0.1, -0.05) is 12.1 Å². The largest absolute Gasteiger partial charge is 0.508 e. The van der Waals surface area contributed by atoms with Crippen molar-refractivity contribution in [1.29, 1.82) is 0 Å². The lowest BCUT2D eigenvalue weighted by molar-refractivity contribution is 0.240. The SMILES string of the molecule is NCCCNC(=O)NCc1cccc(O)c1. The van der Waals surface area contributed by atoms with Crippen molar-refractivity contribution in [2.24, 2.45) is 5.73 Å². The second-order valence-corrected chi connectivity index (χ2v) is 3.42. The average molecular weight is 223 g/mol. The molecule has 0 aliphatic heterocycles. The Bertz CT molecular complexity index is 342. The van der Waals surface area contributed by atoms with Gasteiger partial charge >= 0.3 is 6.03 Å². The number of phenolic OH excluding ortho intramolecular Hbond substituents is 1.